The van der Waals surface area contributed by atoms with Crippen LogP contribution >= 0.6 is 11.3 Å². The van der Waals surface area contributed by atoms with Crippen LogP contribution in [0.5, 0.6) is 0 Å². The molecule has 2 saturated heterocycles. The first kappa shape index (κ1) is 21.2. The van der Waals surface area contributed by atoms with E-state index >= 15 is 0 Å². The number of sulfonamides is 1. The number of anilines is 2. The Hall–Kier alpha value is -2.71. The highest BCUT2D eigenvalue weighted by Gasteiger charge is 2.28. The van der Waals surface area contributed by atoms with E-state index in [4.69, 9.17) is 4.74 Å². The molecule has 2 aliphatic rings. The molecule has 0 unspecified atom stereocenters. The predicted molar refractivity (Wildman–Crippen MR) is 125 cm³/mol. The lowest BCUT2D eigenvalue weighted by molar-refractivity contribution is 0.0730. The van der Waals surface area contributed by atoms with E-state index in [1.165, 1.54) is 21.8 Å². The largest absolute Gasteiger partial charge is 0.379 e. The molecule has 32 heavy (non-hydrogen) atoms. The summed E-state index contributed by atoms with van der Waals surface area (Å²) >= 11 is 1.53. The summed E-state index contributed by atoms with van der Waals surface area (Å²) in [5.74, 6) is 0.765. The highest BCUT2D eigenvalue weighted by atomic mass is 32.2. The maximum atomic E-state index is 12.8. The van der Waals surface area contributed by atoms with E-state index in [9.17, 15) is 13.7 Å². The first-order chi connectivity index (χ1) is 15.6. The molecule has 0 N–H and O–H groups in total. The van der Waals surface area contributed by atoms with Gasteiger partial charge < -0.3 is 14.5 Å². The van der Waals surface area contributed by atoms with Crippen LogP contribution in [0.25, 0.3) is 10.1 Å². The van der Waals surface area contributed by atoms with E-state index in [0.29, 0.717) is 26.3 Å². The summed E-state index contributed by atoms with van der Waals surface area (Å²) in [6, 6.07) is 13.9. The van der Waals surface area contributed by atoms with Crippen LogP contribution in [-0.2, 0) is 14.8 Å². The highest BCUT2D eigenvalue weighted by molar-refractivity contribution is 7.89. The fourth-order valence-electron chi connectivity index (χ4n) is 4.23. The Bertz CT molecular complexity index is 1250. The summed E-state index contributed by atoms with van der Waals surface area (Å²) in [4.78, 5) is 9.84. The standard InChI is InChI=1S/C22H23N5O3S2/c23-15-20-22(18-3-1-2-4-19(18)31-20)26-9-7-25(8-10-26)21-6-5-17(16-24-21)32(28,29)27-11-13-30-14-12-27/h1-6,16H,7-14H2. The van der Waals surface area contributed by atoms with Crippen LogP contribution in [0.15, 0.2) is 47.5 Å². The van der Waals surface area contributed by atoms with Crippen molar-refractivity contribution in [3.8, 4) is 6.07 Å². The zero-order chi connectivity index (χ0) is 22.1. The van der Waals surface area contributed by atoms with Crippen molar-refractivity contribution in [3.05, 3.63) is 47.5 Å². The van der Waals surface area contributed by atoms with Crippen molar-refractivity contribution >= 4 is 43.0 Å². The summed E-state index contributed by atoms with van der Waals surface area (Å²) in [5.41, 5.74) is 1.02. The van der Waals surface area contributed by atoms with Crippen LogP contribution in [0.2, 0.25) is 0 Å². The van der Waals surface area contributed by atoms with Crippen LogP contribution in [0.1, 0.15) is 4.88 Å². The van der Waals surface area contributed by atoms with E-state index in [1.807, 2.05) is 12.1 Å². The van der Waals surface area contributed by atoms with Crippen molar-refractivity contribution in [1.82, 2.24) is 9.29 Å². The first-order valence-electron chi connectivity index (χ1n) is 10.5. The smallest absolute Gasteiger partial charge is 0.244 e. The zero-order valence-corrected chi connectivity index (χ0v) is 19.1. The number of fused-ring (bicyclic) bond motifs is 1. The molecule has 0 atom stereocenters. The number of morpholine rings is 1. The molecule has 3 aromatic rings. The average Bonchev–Trinajstić information content (AvgIpc) is 3.23. The summed E-state index contributed by atoms with van der Waals surface area (Å²) in [5, 5.41) is 10.7. The van der Waals surface area contributed by atoms with Crippen molar-refractivity contribution in [1.29, 1.82) is 5.26 Å². The molecule has 2 fully saturated rings. The number of ether oxygens (including phenoxy) is 1. The fraction of sp³-hybridized carbons (Fsp3) is 0.364. The van der Waals surface area contributed by atoms with Gasteiger partial charge in [0, 0.05) is 55.6 Å². The first-order valence-corrected chi connectivity index (χ1v) is 12.8. The second-order valence-corrected chi connectivity index (χ2v) is 10.7. The van der Waals surface area contributed by atoms with Gasteiger partial charge in [0.25, 0.3) is 0 Å². The number of hydrogen-bond donors (Lipinski definition) is 0. The summed E-state index contributed by atoms with van der Waals surface area (Å²) in [6.07, 6.45) is 1.45. The third kappa shape index (κ3) is 3.82. The summed E-state index contributed by atoms with van der Waals surface area (Å²) in [6.45, 7) is 4.61. The number of hydrogen-bond acceptors (Lipinski definition) is 8. The van der Waals surface area contributed by atoms with Crippen LogP contribution in [0.4, 0.5) is 11.5 Å². The molecule has 0 saturated carbocycles. The van der Waals surface area contributed by atoms with Gasteiger partial charge >= 0.3 is 0 Å². The van der Waals surface area contributed by atoms with Crippen molar-refractivity contribution < 1.29 is 13.2 Å². The molecule has 10 heteroatoms. The van der Waals surface area contributed by atoms with E-state index in [2.05, 4.69) is 33.0 Å². The number of pyridine rings is 1. The number of thiophene rings is 1. The van der Waals surface area contributed by atoms with Gasteiger partial charge in [-0.3, -0.25) is 0 Å². The van der Waals surface area contributed by atoms with Crippen molar-refractivity contribution in [2.75, 3.05) is 62.3 Å². The van der Waals surface area contributed by atoms with E-state index in [0.717, 1.165) is 52.6 Å². The minimum atomic E-state index is -3.54. The normalized spacial score (nSPS) is 18.1. The summed E-state index contributed by atoms with van der Waals surface area (Å²) in [7, 11) is -3.54. The number of rotatable bonds is 4. The molecule has 4 heterocycles. The molecule has 2 aromatic heterocycles. The Balaban J connectivity index is 1.30. The molecule has 0 aliphatic carbocycles. The number of benzene rings is 1. The average molecular weight is 470 g/mol. The van der Waals surface area contributed by atoms with Gasteiger partial charge in [0.1, 0.15) is 21.7 Å². The minimum absolute atomic E-state index is 0.213. The molecule has 166 valence electrons. The third-order valence-corrected chi connectivity index (χ3v) is 8.87. The van der Waals surface area contributed by atoms with Crippen molar-refractivity contribution in [2.24, 2.45) is 0 Å². The van der Waals surface area contributed by atoms with Gasteiger partial charge in [-0.2, -0.15) is 9.57 Å². The second kappa shape index (κ2) is 8.67. The maximum Gasteiger partial charge on any atom is 0.244 e. The Kier molecular flexibility index (Phi) is 5.73. The zero-order valence-electron chi connectivity index (χ0n) is 17.5. The van der Waals surface area contributed by atoms with E-state index in [1.54, 1.807) is 12.1 Å². The van der Waals surface area contributed by atoms with Gasteiger partial charge in [-0.05, 0) is 18.2 Å². The Morgan fingerprint density at radius 1 is 0.969 bits per heavy atom. The molecule has 0 radical (unpaired) electrons. The summed E-state index contributed by atoms with van der Waals surface area (Å²) < 4.78 is 33.4. The lowest BCUT2D eigenvalue weighted by Crippen LogP contribution is -2.47. The SMILES string of the molecule is N#Cc1sc2ccccc2c1N1CCN(c2ccc(S(=O)(=O)N3CCOCC3)cn2)CC1. The number of nitrogens with zero attached hydrogens (tertiary/aromatic N) is 5. The Morgan fingerprint density at radius 3 is 2.38 bits per heavy atom. The highest BCUT2D eigenvalue weighted by Crippen LogP contribution is 2.38. The predicted octanol–water partition coefficient (Wildman–Crippen LogP) is 2.52. The minimum Gasteiger partial charge on any atom is -0.379 e. The molecular formula is C22H23N5O3S2. The lowest BCUT2D eigenvalue weighted by Gasteiger charge is -2.36. The molecule has 5 rings (SSSR count). The topological polar surface area (TPSA) is 89.8 Å². The van der Waals surface area contributed by atoms with E-state index in [-0.39, 0.29) is 4.90 Å². The van der Waals surface area contributed by atoms with Gasteiger partial charge in [-0.1, -0.05) is 18.2 Å². The number of aromatic nitrogens is 1. The molecule has 0 bridgehead atoms. The second-order valence-electron chi connectivity index (χ2n) is 7.73. The van der Waals surface area contributed by atoms with Gasteiger partial charge in [-0.25, -0.2) is 13.4 Å². The molecule has 0 spiro atoms. The molecule has 2 aliphatic heterocycles. The number of piperazine rings is 1. The van der Waals surface area contributed by atoms with Crippen LogP contribution in [0.3, 0.4) is 0 Å². The molecular weight excluding hydrogens is 446 g/mol. The maximum absolute atomic E-state index is 12.8. The van der Waals surface area contributed by atoms with Crippen LogP contribution < -0.4 is 9.80 Å². The van der Waals surface area contributed by atoms with Gasteiger partial charge in [0.15, 0.2) is 0 Å². The van der Waals surface area contributed by atoms with Crippen LogP contribution in [-0.4, -0.2) is 70.2 Å². The van der Waals surface area contributed by atoms with Gasteiger partial charge in [-0.15, -0.1) is 11.3 Å². The van der Waals surface area contributed by atoms with Gasteiger partial charge in [0.05, 0.1) is 18.9 Å². The molecule has 1 aromatic carbocycles. The Morgan fingerprint density at radius 2 is 1.69 bits per heavy atom. The lowest BCUT2D eigenvalue weighted by atomic mass is 10.2. The quantitative estimate of drug-likeness (QED) is 0.580. The number of nitriles is 1. The van der Waals surface area contributed by atoms with Crippen molar-refractivity contribution in [2.45, 2.75) is 4.90 Å². The Labute approximate surface area is 191 Å². The monoisotopic (exact) mass is 469 g/mol. The molecule has 8 nitrogen and oxygen atoms in total. The van der Waals surface area contributed by atoms with Crippen LogP contribution in [0, 0.1) is 11.3 Å². The van der Waals surface area contributed by atoms with E-state index < -0.39 is 10.0 Å². The third-order valence-electron chi connectivity index (χ3n) is 5.92. The van der Waals surface area contributed by atoms with Crippen molar-refractivity contribution in [3.63, 3.8) is 0 Å². The molecule has 0 amide bonds. The van der Waals surface area contributed by atoms with Gasteiger partial charge in [0.2, 0.25) is 10.0 Å². The fourth-order valence-corrected chi connectivity index (χ4v) is 6.61.